The number of hydrogen-bond donors (Lipinski definition) is 1. The Morgan fingerprint density at radius 1 is 0.938 bits per heavy atom. The zero-order valence-corrected chi connectivity index (χ0v) is 11.1. The monoisotopic (exact) mass is 225 g/mol. The largest absolute Gasteiger partial charge is 0.311 e. The van der Waals surface area contributed by atoms with Crippen molar-refractivity contribution >= 4 is 0 Å². The maximum absolute atomic E-state index is 3.88. The Balaban J connectivity index is 1.73. The Labute approximate surface area is 100 Å². The maximum atomic E-state index is 3.88. The Bertz CT molecular complexity index is 211. The zero-order valence-electron chi connectivity index (χ0n) is 11.1. The second kappa shape index (κ2) is 5.48. The number of hydrogen-bond acceptors (Lipinski definition) is 3. The Morgan fingerprint density at radius 3 is 2.19 bits per heavy atom. The van der Waals surface area contributed by atoms with Crippen LogP contribution in [0.3, 0.4) is 0 Å². The van der Waals surface area contributed by atoms with Gasteiger partial charge in [0.25, 0.3) is 0 Å². The second-order valence-electron chi connectivity index (χ2n) is 5.80. The van der Waals surface area contributed by atoms with Crippen LogP contribution in [0, 0.1) is 0 Å². The third-order valence-corrected chi connectivity index (χ3v) is 4.40. The molecule has 0 aromatic carbocycles. The summed E-state index contributed by atoms with van der Waals surface area (Å²) in [5, 5.41) is 3.88. The van der Waals surface area contributed by atoms with E-state index in [1.807, 2.05) is 0 Å². The summed E-state index contributed by atoms with van der Waals surface area (Å²) in [6, 6.07) is 2.29. The van der Waals surface area contributed by atoms with Crippen LogP contribution in [0.1, 0.15) is 32.6 Å². The molecule has 3 heteroatoms. The SMILES string of the molecule is CC1CC(NC2CCN(C)CC2)CCN1C. The van der Waals surface area contributed by atoms with Crippen LogP contribution in [0.2, 0.25) is 0 Å². The quantitative estimate of drug-likeness (QED) is 0.760. The first kappa shape index (κ1) is 12.3. The molecule has 2 unspecified atom stereocenters. The molecule has 1 N–H and O–H groups in total. The van der Waals surface area contributed by atoms with Gasteiger partial charge in [-0.3, -0.25) is 0 Å². The Hall–Kier alpha value is -0.120. The van der Waals surface area contributed by atoms with E-state index in [2.05, 4.69) is 36.1 Å². The molecule has 0 saturated carbocycles. The van der Waals surface area contributed by atoms with Gasteiger partial charge in [-0.2, -0.15) is 0 Å². The van der Waals surface area contributed by atoms with Gasteiger partial charge in [0, 0.05) is 18.1 Å². The summed E-state index contributed by atoms with van der Waals surface area (Å²) in [6.07, 6.45) is 5.31. The van der Waals surface area contributed by atoms with Crippen molar-refractivity contribution in [3.63, 3.8) is 0 Å². The van der Waals surface area contributed by atoms with Gasteiger partial charge >= 0.3 is 0 Å². The molecule has 0 bridgehead atoms. The summed E-state index contributed by atoms with van der Waals surface area (Å²) in [6.45, 7) is 6.13. The highest BCUT2D eigenvalue weighted by atomic mass is 15.2. The molecule has 2 heterocycles. The molecular weight excluding hydrogens is 198 g/mol. The van der Waals surface area contributed by atoms with Crippen LogP contribution in [0.25, 0.3) is 0 Å². The highest BCUT2D eigenvalue weighted by Crippen LogP contribution is 2.18. The molecule has 16 heavy (non-hydrogen) atoms. The minimum absolute atomic E-state index is 0.748. The number of piperidine rings is 2. The van der Waals surface area contributed by atoms with Crippen molar-refractivity contribution in [2.75, 3.05) is 33.7 Å². The normalized spacial score (nSPS) is 35.4. The Kier molecular flexibility index (Phi) is 4.22. The van der Waals surface area contributed by atoms with E-state index in [1.165, 1.54) is 45.3 Å². The van der Waals surface area contributed by atoms with Crippen molar-refractivity contribution in [2.24, 2.45) is 0 Å². The van der Waals surface area contributed by atoms with Crippen molar-refractivity contribution in [1.29, 1.82) is 0 Å². The van der Waals surface area contributed by atoms with E-state index in [-0.39, 0.29) is 0 Å². The van der Waals surface area contributed by atoms with E-state index >= 15 is 0 Å². The zero-order chi connectivity index (χ0) is 11.5. The minimum Gasteiger partial charge on any atom is -0.311 e. The summed E-state index contributed by atoms with van der Waals surface area (Å²) in [4.78, 5) is 4.92. The van der Waals surface area contributed by atoms with Crippen LogP contribution in [-0.4, -0.2) is 61.7 Å². The molecule has 0 amide bonds. The Morgan fingerprint density at radius 2 is 1.56 bits per heavy atom. The molecule has 2 saturated heterocycles. The van der Waals surface area contributed by atoms with Crippen LogP contribution in [-0.2, 0) is 0 Å². The van der Waals surface area contributed by atoms with Gasteiger partial charge in [0.1, 0.15) is 0 Å². The first-order chi connectivity index (χ1) is 7.65. The van der Waals surface area contributed by atoms with Crippen LogP contribution in [0.4, 0.5) is 0 Å². The first-order valence-corrected chi connectivity index (χ1v) is 6.80. The van der Waals surface area contributed by atoms with Crippen molar-refractivity contribution in [3.8, 4) is 0 Å². The van der Waals surface area contributed by atoms with Gasteiger partial charge in [0.2, 0.25) is 0 Å². The average molecular weight is 225 g/mol. The summed E-state index contributed by atoms with van der Waals surface area (Å²) in [7, 11) is 4.48. The third-order valence-electron chi connectivity index (χ3n) is 4.40. The van der Waals surface area contributed by atoms with Crippen LogP contribution in [0.5, 0.6) is 0 Å². The van der Waals surface area contributed by atoms with Crippen LogP contribution in [0.15, 0.2) is 0 Å². The van der Waals surface area contributed by atoms with Gasteiger partial charge in [-0.05, 0) is 66.3 Å². The lowest BCUT2D eigenvalue weighted by atomic mass is 9.96. The third kappa shape index (κ3) is 3.19. The second-order valence-corrected chi connectivity index (χ2v) is 5.80. The van der Waals surface area contributed by atoms with Crippen molar-refractivity contribution in [2.45, 2.75) is 50.7 Å². The van der Waals surface area contributed by atoms with Gasteiger partial charge in [0.15, 0.2) is 0 Å². The number of likely N-dealkylation sites (tertiary alicyclic amines) is 2. The molecule has 2 rings (SSSR count). The van der Waals surface area contributed by atoms with E-state index in [4.69, 9.17) is 0 Å². The average Bonchev–Trinajstić information content (AvgIpc) is 2.27. The number of nitrogens with zero attached hydrogens (tertiary/aromatic N) is 2. The molecule has 2 fully saturated rings. The minimum atomic E-state index is 0.748. The van der Waals surface area contributed by atoms with Gasteiger partial charge in [0.05, 0.1) is 0 Å². The van der Waals surface area contributed by atoms with E-state index in [9.17, 15) is 0 Å². The molecule has 2 aliphatic rings. The summed E-state index contributed by atoms with van der Waals surface area (Å²) in [5.41, 5.74) is 0. The molecule has 0 aromatic rings. The van der Waals surface area contributed by atoms with E-state index in [0.717, 1.165) is 18.1 Å². The van der Waals surface area contributed by atoms with Crippen molar-refractivity contribution < 1.29 is 0 Å². The topological polar surface area (TPSA) is 18.5 Å². The standard InChI is InChI=1S/C13H27N3/c1-11-10-13(6-9-16(11)3)14-12-4-7-15(2)8-5-12/h11-14H,4-10H2,1-3H3. The summed E-state index contributed by atoms with van der Waals surface area (Å²) >= 11 is 0. The maximum Gasteiger partial charge on any atom is 0.00966 e. The first-order valence-electron chi connectivity index (χ1n) is 6.80. The fraction of sp³-hybridized carbons (Fsp3) is 1.00. The van der Waals surface area contributed by atoms with Gasteiger partial charge < -0.3 is 15.1 Å². The van der Waals surface area contributed by atoms with E-state index in [0.29, 0.717) is 0 Å². The lowest BCUT2D eigenvalue weighted by Gasteiger charge is -2.39. The lowest BCUT2D eigenvalue weighted by Crippen LogP contribution is -2.50. The molecule has 0 spiro atoms. The molecule has 0 aliphatic carbocycles. The van der Waals surface area contributed by atoms with Crippen molar-refractivity contribution in [1.82, 2.24) is 15.1 Å². The molecular formula is C13H27N3. The highest BCUT2D eigenvalue weighted by Gasteiger charge is 2.25. The fourth-order valence-corrected chi connectivity index (χ4v) is 2.95. The number of rotatable bonds is 2. The molecule has 94 valence electrons. The summed E-state index contributed by atoms with van der Waals surface area (Å²) in [5.74, 6) is 0. The van der Waals surface area contributed by atoms with Crippen molar-refractivity contribution in [3.05, 3.63) is 0 Å². The number of nitrogens with one attached hydrogen (secondary N) is 1. The molecule has 2 atom stereocenters. The lowest BCUT2D eigenvalue weighted by molar-refractivity contribution is 0.148. The smallest absolute Gasteiger partial charge is 0.00966 e. The fourth-order valence-electron chi connectivity index (χ4n) is 2.95. The molecule has 0 radical (unpaired) electrons. The van der Waals surface area contributed by atoms with Crippen LogP contribution >= 0.6 is 0 Å². The van der Waals surface area contributed by atoms with Gasteiger partial charge in [-0.15, -0.1) is 0 Å². The molecule has 0 aromatic heterocycles. The van der Waals surface area contributed by atoms with Crippen LogP contribution < -0.4 is 5.32 Å². The van der Waals surface area contributed by atoms with E-state index in [1.54, 1.807) is 0 Å². The molecule has 3 nitrogen and oxygen atoms in total. The van der Waals surface area contributed by atoms with E-state index < -0.39 is 0 Å². The van der Waals surface area contributed by atoms with Gasteiger partial charge in [-0.1, -0.05) is 0 Å². The predicted octanol–water partition coefficient (Wildman–Crippen LogP) is 1.15. The predicted molar refractivity (Wildman–Crippen MR) is 68.8 cm³/mol. The highest BCUT2D eigenvalue weighted by molar-refractivity contribution is 4.85. The molecule has 2 aliphatic heterocycles. The van der Waals surface area contributed by atoms with Gasteiger partial charge in [-0.25, -0.2) is 0 Å². The summed E-state index contributed by atoms with van der Waals surface area (Å²) < 4.78 is 0.